The van der Waals surface area contributed by atoms with Gasteiger partial charge in [-0.15, -0.1) is 11.8 Å². The molecule has 0 amide bonds. The molecule has 172 valence electrons. The molecule has 33 heavy (non-hydrogen) atoms. The summed E-state index contributed by atoms with van der Waals surface area (Å²) in [6.07, 6.45) is 10.1. The van der Waals surface area contributed by atoms with Gasteiger partial charge in [-0.3, -0.25) is 4.98 Å². The van der Waals surface area contributed by atoms with E-state index in [9.17, 15) is 0 Å². The maximum absolute atomic E-state index is 5.07. The van der Waals surface area contributed by atoms with Gasteiger partial charge in [0.15, 0.2) is 0 Å². The molecule has 2 fully saturated rings. The predicted octanol–water partition coefficient (Wildman–Crippen LogP) is 6.06. The highest BCUT2D eigenvalue weighted by atomic mass is 32.2. The number of hydrogen-bond donors (Lipinski definition) is 0. The Morgan fingerprint density at radius 1 is 0.909 bits per heavy atom. The average molecular weight is 459 g/mol. The minimum atomic E-state index is 0.779. The Morgan fingerprint density at radius 3 is 2.39 bits per heavy atom. The van der Waals surface area contributed by atoms with Crippen molar-refractivity contribution in [2.24, 2.45) is 0 Å². The third-order valence-corrected chi connectivity index (χ3v) is 8.02. The van der Waals surface area contributed by atoms with E-state index in [0.717, 1.165) is 41.9 Å². The number of benzene rings is 1. The highest BCUT2D eigenvalue weighted by Gasteiger charge is 2.27. The van der Waals surface area contributed by atoms with Gasteiger partial charge in [-0.1, -0.05) is 37.3 Å². The number of likely N-dealkylation sites (tertiary alicyclic amines) is 1. The number of piperidine rings is 1. The summed E-state index contributed by atoms with van der Waals surface area (Å²) in [4.78, 5) is 14.5. The molecule has 2 aliphatic heterocycles. The van der Waals surface area contributed by atoms with Crippen LogP contribution in [0.1, 0.15) is 43.7 Å². The predicted molar refractivity (Wildman–Crippen MR) is 139 cm³/mol. The number of aryl methyl sites for hydroxylation is 1. The maximum Gasteiger partial charge on any atom is 0.130 e. The van der Waals surface area contributed by atoms with Crippen molar-refractivity contribution in [1.29, 1.82) is 0 Å². The van der Waals surface area contributed by atoms with Crippen LogP contribution in [-0.2, 0) is 12.2 Å². The van der Waals surface area contributed by atoms with Crippen LogP contribution < -0.4 is 4.90 Å². The first-order valence-corrected chi connectivity index (χ1v) is 13.4. The van der Waals surface area contributed by atoms with Gasteiger partial charge < -0.3 is 9.80 Å². The minimum absolute atomic E-state index is 0.779. The van der Waals surface area contributed by atoms with Crippen molar-refractivity contribution in [3.05, 3.63) is 72.1 Å². The lowest BCUT2D eigenvalue weighted by Crippen LogP contribution is -2.44. The molecule has 0 bridgehead atoms. The molecule has 2 saturated heterocycles. The molecule has 0 spiro atoms. The second kappa shape index (κ2) is 10.7. The van der Waals surface area contributed by atoms with Gasteiger partial charge in [0.1, 0.15) is 5.82 Å². The molecule has 0 aliphatic carbocycles. The summed E-state index contributed by atoms with van der Waals surface area (Å²) < 4.78 is 0. The van der Waals surface area contributed by atoms with Gasteiger partial charge >= 0.3 is 0 Å². The first-order chi connectivity index (χ1) is 16.3. The monoisotopic (exact) mass is 458 g/mol. The minimum Gasteiger partial charge on any atom is -0.356 e. The molecule has 0 atom stereocenters. The van der Waals surface area contributed by atoms with Gasteiger partial charge in [-0.25, -0.2) is 4.98 Å². The van der Waals surface area contributed by atoms with Gasteiger partial charge in [-0.05, 0) is 85.6 Å². The van der Waals surface area contributed by atoms with Crippen LogP contribution in [0.5, 0.6) is 0 Å². The molecule has 2 aromatic heterocycles. The van der Waals surface area contributed by atoms with Crippen molar-refractivity contribution in [1.82, 2.24) is 14.9 Å². The summed E-state index contributed by atoms with van der Waals surface area (Å²) in [6.45, 7) is 7.10. The number of aromatic nitrogens is 2. The fraction of sp³-hybridized carbons (Fsp3) is 0.429. The van der Waals surface area contributed by atoms with Crippen molar-refractivity contribution in [3.8, 4) is 11.1 Å². The zero-order valence-corrected chi connectivity index (χ0v) is 20.4. The Balaban J connectivity index is 1.22. The van der Waals surface area contributed by atoms with E-state index >= 15 is 0 Å². The van der Waals surface area contributed by atoms with Crippen molar-refractivity contribution in [2.45, 2.75) is 55.8 Å². The van der Waals surface area contributed by atoms with E-state index in [1.807, 2.05) is 30.2 Å². The SMILES string of the molecule is CCc1cc(SCc2ccc(-c3cccnc3)cc2)nc(N2CCC(N3CCCC3)CC2)c1. The lowest BCUT2D eigenvalue weighted by atomic mass is 10.0. The van der Waals surface area contributed by atoms with Crippen LogP contribution in [0.2, 0.25) is 0 Å². The summed E-state index contributed by atoms with van der Waals surface area (Å²) in [6, 6.07) is 18.3. The first-order valence-electron chi connectivity index (χ1n) is 12.4. The second-order valence-electron chi connectivity index (χ2n) is 9.21. The van der Waals surface area contributed by atoms with E-state index in [0.29, 0.717) is 0 Å². The molecule has 0 unspecified atom stereocenters. The third-order valence-electron chi connectivity index (χ3n) is 7.04. The van der Waals surface area contributed by atoms with Crippen molar-refractivity contribution in [3.63, 3.8) is 0 Å². The number of hydrogen-bond acceptors (Lipinski definition) is 5. The highest BCUT2D eigenvalue weighted by molar-refractivity contribution is 7.98. The van der Waals surface area contributed by atoms with Gasteiger partial charge in [-0.2, -0.15) is 0 Å². The Bertz CT molecular complexity index is 1020. The quantitative estimate of drug-likeness (QED) is 0.402. The van der Waals surface area contributed by atoms with E-state index in [4.69, 9.17) is 4.98 Å². The molecular formula is C28H34N4S. The molecule has 5 heteroatoms. The standard InChI is InChI=1S/C28H34N4S/c1-2-22-18-27(32-16-11-26(12-17-32)31-14-3-4-15-31)30-28(19-22)33-21-23-7-9-24(10-8-23)25-6-5-13-29-20-25/h5-10,13,18-20,26H,2-4,11-12,14-17,21H2,1H3. The number of pyridine rings is 2. The van der Waals surface area contributed by atoms with Crippen LogP contribution in [0.4, 0.5) is 5.82 Å². The van der Waals surface area contributed by atoms with E-state index in [2.05, 4.69) is 64.2 Å². The van der Waals surface area contributed by atoms with Crippen molar-refractivity contribution in [2.75, 3.05) is 31.1 Å². The van der Waals surface area contributed by atoms with Crippen LogP contribution in [0.25, 0.3) is 11.1 Å². The van der Waals surface area contributed by atoms with Gasteiger partial charge in [0.25, 0.3) is 0 Å². The molecule has 2 aliphatic rings. The third kappa shape index (κ3) is 5.59. The molecule has 0 radical (unpaired) electrons. The molecule has 5 rings (SSSR count). The van der Waals surface area contributed by atoms with Gasteiger partial charge in [0.05, 0.1) is 5.03 Å². The lowest BCUT2D eigenvalue weighted by Gasteiger charge is -2.37. The zero-order chi connectivity index (χ0) is 22.5. The highest BCUT2D eigenvalue weighted by Crippen LogP contribution is 2.29. The van der Waals surface area contributed by atoms with Crippen molar-refractivity contribution < 1.29 is 0 Å². The van der Waals surface area contributed by atoms with Gasteiger partial charge in [0.2, 0.25) is 0 Å². The fourth-order valence-corrected chi connectivity index (χ4v) is 5.93. The number of anilines is 1. The summed E-state index contributed by atoms with van der Waals surface area (Å²) in [5, 5.41) is 1.14. The van der Waals surface area contributed by atoms with Gasteiger partial charge in [0, 0.05) is 37.3 Å². The normalized spacial score (nSPS) is 17.5. The molecule has 3 aromatic rings. The number of thioether (sulfide) groups is 1. The summed E-state index contributed by atoms with van der Waals surface area (Å²) in [5.74, 6) is 2.10. The Morgan fingerprint density at radius 2 is 1.70 bits per heavy atom. The Hall–Kier alpha value is -2.37. The largest absolute Gasteiger partial charge is 0.356 e. The molecule has 1 aromatic carbocycles. The molecular weight excluding hydrogens is 424 g/mol. The smallest absolute Gasteiger partial charge is 0.130 e. The van der Waals surface area contributed by atoms with E-state index in [-0.39, 0.29) is 0 Å². The Labute approximate surface area is 202 Å². The molecule has 0 N–H and O–H groups in total. The average Bonchev–Trinajstić information content (AvgIpc) is 3.43. The number of nitrogens with zero attached hydrogens (tertiary/aromatic N) is 4. The number of rotatable bonds is 7. The van der Waals surface area contributed by atoms with E-state index < -0.39 is 0 Å². The van der Waals surface area contributed by atoms with Crippen LogP contribution in [0.15, 0.2) is 66.0 Å². The molecule has 4 nitrogen and oxygen atoms in total. The summed E-state index contributed by atoms with van der Waals surface area (Å²) >= 11 is 1.85. The second-order valence-corrected chi connectivity index (χ2v) is 10.2. The van der Waals surface area contributed by atoms with Crippen LogP contribution in [0, 0.1) is 0 Å². The maximum atomic E-state index is 5.07. The fourth-order valence-electron chi connectivity index (χ4n) is 5.03. The van der Waals surface area contributed by atoms with Crippen molar-refractivity contribution >= 4 is 17.6 Å². The van der Waals surface area contributed by atoms with Crippen LogP contribution in [0.3, 0.4) is 0 Å². The van der Waals surface area contributed by atoms with E-state index in [1.54, 1.807) is 0 Å². The lowest BCUT2D eigenvalue weighted by molar-refractivity contribution is 0.207. The zero-order valence-electron chi connectivity index (χ0n) is 19.6. The first kappa shape index (κ1) is 22.4. The summed E-state index contributed by atoms with van der Waals surface area (Å²) in [5.41, 5.74) is 5.08. The Kier molecular flexibility index (Phi) is 7.27. The van der Waals surface area contributed by atoms with Crippen LogP contribution in [-0.4, -0.2) is 47.1 Å². The van der Waals surface area contributed by atoms with E-state index in [1.165, 1.54) is 61.3 Å². The summed E-state index contributed by atoms with van der Waals surface area (Å²) in [7, 11) is 0. The topological polar surface area (TPSA) is 32.3 Å². The van der Waals surface area contributed by atoms with Crippen LogP contribution >= 0.6 is 11.8 Å². The molecule has 0 saturated carbocycles. The molecule has 4 heterocycles.